The number of carbonyl (C=O) groups excluding carboxylic acids is 1. The lowest BCUT2D eigenvalue weighted by atomic mass is 10.1. The van der Waals surface area contributed by atoms with Crippen LogP contribution in [0.5, 0.6) is 0 Å². The van der Waals surface area contributed by atoms with Gasteiger partial charge in [-0.25, -0.2) is 0 Å². The molecule has 0 rings (SSSR count). The normalized spacial score (nSPS) is 10.3. The molecule has 88 valence electrons. The molecule has 3 heteroatoms. The summed E-state index contributed by atoms with van der Waals surface area (Å²) < 4.78 is 0. The summed E-state index contributed by atoms with van der Waals surface area (Å²) in [4.78, 5) is 13.0. The summed E-state index contributed by atoms with van der Waals surface area (Å²) in [5, 5.41) is 2.78. The maximum Gasteiger partial charge on any atom is 0.243 e. The molecule has 0 aliphatic rings. The summed E-state index contributed by atoms with van der Waals surface area (Å²) in [7, 11) is 4.20. The number of hydrogen-bond donors (Lipinski definition) is 1. The Morgan fingerprint density at radius 1 is 1.20 bits per heavy atom. The van der Waals surface area contributed by atoms with E-state index in [1.807, 2.05) is 0 Å². The largest absolute Gasteiger partial charge is 0.353 e. The van der Waals surface area contributed by atoms with Crippen LogP contribution in [0.2, 0.25) is 0 Å². The molecule has 0 fully saturated rings. The SMILES string of the molecule is C=CC(=O)NCCCCCCCN(C)C. The van der Waals surface area contributed by atoms with Gasteiger partial charge in [0.25, 0.3) is 0 Å². The molecule has 0 aromatic heterocycles. The fourth-order valence-electron chi connectivity index (χ4n) is 1.37. The van der Waals surface area contributed by atoms with Gasteiger partial charge >= 0.3 is 0 Å². The van der Waals surface area contributed by atoms with Crippen molar-refractivity contribution in [1.29, 1.82) is 0 Å². The Morgan fingerprint density at radius 2 is 1.80 bits per heavy atom. The third-order valence-corrected chi connectivity index (χ3v) is 2.27. The monoisotopic (exact) mass is 212 g/mol. The number of amides is 1. The summed E-state index contributed by atoms with van der Waals surface area (Å²) in [5.41, 5.74) is 0. The smallest absolute Gasteiger partial charge is 0.243 e. The van der Waals surface area contributed by atoms with E-state index in [4.69, 9.17) is 0 Å². The lowest BCUT2D eigenvalue weighted by Gasteiger charge is -2.08. The van der Waals surface area contributed by atoms with Crippen LogP contribution in [0.1, 0.15) is 32.1 Å². The van der Waals surface area contributed by atoms with Gasteiger partial charge in [-0.3, -0.25) is 4.79 Å². The Bertz CT molecular complexity index is 178. The molecular formula is C12H24N2O. The molecule has 0 aromatic rings. The van der Waals surface area contributed by atoms with Crippen LogP contribution in [-0.4, -0.2) is 38.0 Å². The highest BCUT2D eigenvalue weighted by atomic mass is 16.1. The van der Waals surface area contributed by atoms with Crippen LogP contribution in [0.25, 0.3) is 0 Å². The molecule has 0 bridgehead atoms. The van der Waals surface area contributed by atoms with E-state index in [0.717, 1.165) is 13.0 Å². The molecule has 0 aliphatic heterocycles. The van der Waals surface area contributed by atoms with Gasteiger partial charge in [0, 0.05) is 6.54 Å². The molecule has 0 saturated carbocycles. The second-order valence-corrected chi connectivity index (χ2v) is 4.07. The maximum atomic E-state index is 10.8. The zero-order chi connectivity index (χ0) is 11.5. The van der Waals surface area contributed by atoms with Crippen molar-refractivity contribution >= 4 is 5.91 Å². The molecule has 0 atom stereocenters. The van der Waals surface area contributed by atoms with E-state index in [1.165, 1.54) is 38.3 Å². The molecule has 0 saturated heterocycles. The van der Waals surface area contributed by atoms with Gasteiger partial charge in [0.05, 0.1) is 0 Å². The van der Waals surface area contributed by atoms with Crippen LogP contribution in [0.4, 0.5) is 0 Å². The lowest BCUT2D eigenvalue weighted by molar-refractivity contribution is -0.116. The molecule has 0 spiro atoms. The van der Waals surface area contributed by atoms with E-state index in [0.29, 0.717) is 0 Å². The number of hydrogen-bond acceptors (Lipinski definition) is 2. The first-order valence-electron chi connectivity index (χ1n) is 5.72. The molecule has 0 aromatic carbocycles. The minimum Gasteiger partial charge on any atom is -0.353 e. The van der Waals surface area contributed by atoms with Crippen molar-refractivity contribution in [2.24, 2.45) is 0 Å². The van der Waals surface area contributed by atoms with Gasteiger partial charge in [-0.05, 0) is 39.6 Å². The molecule has 0 heterocycles. The number of carbonyl (C=O) groups is 1. The Balaban J connectivity index is 3.05. The highest BCUT2D eigenvalue weighted by Gasteiger charge is 1.94. The number of unbranched alkanes of at least 4 members (excludes halogenated alkanes) is 4. The molecule has 0 unspecified atom stereocenters. The van der Waals surface area contributed by atoms with Crippen LogP contribution in [0.15, 0.2) is 12.7 Å². The Labute approximate surface area is 93.5 Å². The van der Waals surface area contributed by atoms with Crippen molar-refractivity contribution in [2.75, 3.05) is 27.2 Å². The minimum atomic E-state index is -0.0670. The van der Waals surface area contributed by atoms with E-state index < -0.39 is 0 Å². The van der Waals surface area contributed by atoms with Crippen LogP contribution in [0, 0.1) is 0 Å². The average Bonchev–Trinajstić information content (AvgIpc) is 2.21. The van der Waals surface area contributed by atoms with Gasteiger partial charge in [0.1, 0.15) is 0 Å². The van der Waals surface area contributed by atoms with Crippen molar-refractivity contribution < 1.29 is 4.79 Å². The molecule has 3 nitrogen and oxygen atoms in total. The van der Waals surface area contributed by atoms with E-state index in [2.05, 4.69) is 30.9 Å². The highest BCUT2D eigenvalue weighted by Crippen LogP contribution is 2.02. The van der Waals surface area contributed by atoms with Crippen LogP contribution < -0.4 is 5.32 Å². The van der Waals surface area contributed by atoms with Crippen molar-refractivity contribution in [2.45, 2.75) is 32.1 Å². The van der Waals surface area contributed by atoms with E-state index >= 15 is 0 Å². The molecule has 1 amide bonds. The van der Waals surface area contributed by atoms with Crippen molar-refractivity contribution in [3.63, 3.8) is 0 Å². The van der Waals surface area contributed by atoms with Crippen molar-refractivity contribution in [1.82, 2.24) is 10.2 Å². The third-order valence-electron chi connectivity index (χ3n) is 2.27. The predicted octanol–water partition coefficient (Wildman–Crippen LogP) is 1.80. The third kappa shape index (κ3) is 11.1. The Kier molecular flexibility index (Phi) is 9.18. The summed E-state index contributed by atoms with van der Waals surface area (Å²) in [5.74, 6) is -0.0670. The molecular weight excluding hydrogens is 188 g/mol. The summed E-state index contributed by atoms with van der Waals surface area (Å²) in [6.45, 7) is 5.35. The van der Waals surface area contributed by atoms with E-state index in [1.54, 1.807) is 0 Å². The first kappa shape index (κ1) is 14.2. The van der Waals surface area contributed by atoms with Crippen LogP contribution >= 0.6 is 0 Å². The minimum absolute atomic E-state index is 0.0670. The van der Waals surface area contributed by atoms with E-state index in [9.17, 15) is 4.79 Å². The van der Waals surface area contributed by atoms with Gasteiger partial charge in [-0.1, -0.05) is 25.8 Å². The summed E-state index contributed by atoms with van der Waals surface area (Å²) in [6.07, 6.45) is 7.40. The second-order valence-electron chi connectivity index (χ2n) is 4.07. The van der Waals surface area contributed by atoms with Crippen molar-refractivity contribution in [3.8, 4) is 0 Å². The molecule has 0 radical (unpaired) electrons. The van der Waals surface area contributed by atoms with Crippen LogP contribution in [0.3, 0.4) is 0 Å². The highest BCUT2D eigenvalue weighted by molar-refractivity contribution is 5.86. The zero-order valence-electron chi connectivity index (χ0n) is 10.1. The number of nitrogens with one attached hydrogen (secondary N) is 1. The van der Waals surface area contributed by atoms with Crippen molar-refractivity contribution in [3.05, 3.63) is 12.7 Å². The topological polar surface area (TPSA) is 32.3 Å². The van der Waals surface area contributed by atoms with Crippen LogP contribution in [-0.2, 0) is 4.79 Å². The second kappa shape index (κ2) is 9.71. The maximum absolute atomic E-state index is 10.8. The van der Waals surface area contributed by atoms with E-state index in [-0.39, 0.29) is 5.91 Å². The van der Waals surface area contributed by atoms with Gasteiger partial charge in [0.2, 0.25) is 5.91 Å². The fraction of sp³-hybridized carbons (Fsp3) is 0.750. The Hall–Kier alpha value is -0.830. The molecule has 15 heavy (non-hydrogen) atoms. The number of nitrogens with zero attached hydrogens (tertiary/aromatic N) is 1. The molecule has 1 N–H and O–H groups in total. The average molecular weight is 212 g/mol. The predicted molar refractivity (Wildman–Crippen MR) is 64.8 cm³/mol. The summed E-state index contributed by atoms with van der Waals surface area (Å²) in [6, 6.07) is 0. The first-order valence-corrected chi connectivity index (χ1v) is 5.72. The van der Waals surface area contributed by atoms with Gasteiger partial charge in [-0.15, -0.1) is 0 Å². The Morgan fingerprint density at radius 3 is 2.40 bits per heavy atom. The van der Waals surface area contributed by atoms with Gasteiger partial charge < -0.3 is 10.2 Å². The lowest BCUT2D eigenvalue weighted by Crippen LogP contribution is -2.21. The quantitative estimate of drug-likeness (QED) is 0.467. The van der Waals surface area contributed by atoms with Gasteiger partial charge in [0.15, 0.2) is 0 Å². The fourth-order valence-corrected chi connectivity index (χ4v) is 1.37. The number of rotatable bonds is 9. The summed E-state index contributed by atoms with van der Waals surface area (Å²) >= 11 is 0. The van der Waals surface area contributed by atoms with Gasteiger partial charge in [-0.2, -0.15) is 0 Å². The zero-order valence-corrected chi connectivity index (χ0v) is 10.1. The standard InChI is InChI=1S/C12H24N2O/c1-4-12(15)13-10-8-6-5-7-9-11-14(2)3/h4H,1,5-11H2,2-3H3,(H,13,15). The first-order chi connectivity index (χ1) is 7.16. The molecule has 0 aliphatic carbocycles.